The highest BCUT2D eigenvalue weighted by Gasteiger charge is 2.18. The van der Waals surface area contributed by atoms with Gasteiger partial charge in [0, 0.05) is 6.07 Å². The molecule has 7 nitrogen and oxygen atoms in total. The van der Waals surface area contributed by atoms with Gasteiger partial charge in [0.2, 0.25) is 5.75 Å². The van der Waals surface area contributed by atoms with Crippen molar-refractivity contribution in [3.63, 3.8) is 0 Å². The normalized spacial score (nSPS) is 11.8. The zero-order valence-corrected chi connectivity index (χ0v) is 17.0. The topological polar surface area (TPSA) is 105 Å². The summed E-state index contributed by atoms with van der Waals surface area (Å²) >= 11 is 0. The Hall–Kier alpha value is -4.51. The van der Waals surface area contributed by atoms with Gasteiger partial charge >= 0.3 is 5.69 Å². The van der Waals surface area contributed by atoms with E-state index < -0.39 is 16.6 Å². The number of halogens is 1. The molecule has 0 bridgehead atoms. The number of amides is 1. The molecule has 0 heterocycles. The minimum absolute atomic E-state index is 0.0561. The van der Waals surface area contributed by atoms with E-state index in [1.807, 2.05) is 36.4 Å². The molecule has 0 saturated carbocycles. The molecule has 3 aromatic rings. The standard InChI is InChI=1S/C24H18FN3O4/c1-16(18-5-3-2-4-6-18)27-24(29)19(15-26)13-17-7-12-23(22(14-17)28(30)31)32-21-10-8-20(25)9-11-21/h2-14,16H,1H3,(H,27,29)/b19-13+. The number of ether oxygens (including phenoxy) is 1. The van der Waals surface area contributed by atoms with Crippen molar-refractivity contribution in [3.05, 3.63) is 105 Å². The highest BCUT2D eigenvalue weighted by atomic mass is 19.1. The molecular weight excluding hydrogens is 413 g/mol. The van der Waals surface area contributed by atoms with Gasteiger partial charge in [-0.05, 0) is 54.5 Å². The molecule has 3 aromatic carbocycles. The van der Waals surface area contributed by atoms with E-state index in [0.29, 0.717) is 0 Å². The zero-order valence-electron chi connectivity index (χ0n) is 17.0. The summed E-state index contributed by atoms with van der Waals surface area (Å²) in [5.41, 5.74) is 0.589. The van der Waals surface area contributed by atoms with Crippen LogP contribution in [0.25, 0.3) is 6.08 Å². The van der Waals surface area contributed by atoms with Crippen LogP contribution in [0, 0.1) is 27.3 Å². The SMILES string of the molecule is CC(NC(=O)/C(C#N)=C/c1ccc(Oc2ccc(F)cc2)c([N+](=O)[O-])c1)c1ccccc1. The summed E-state index contributed by atoms with van der Waals surface area (Å²) in [5.74, 6) is -0.890. The monoisotopic (exact) mass is 431 g/mol. The van der Waals surface area contributed by atoms with Crippen LogP contribution in [0.2, 0.25) is 0 Å². The number of nitro benzene ring substituents is 1. The molecule has 0 aliphatic rings. The van der Waals surface area contributed by atoms with Crippen molar-refractivity contribution in [2.45, 2.75) is 13.0 Å². The van der Waals surface area contributed by atoms with E-state index >= 15 is 0 Å². The third kappa shape index (κ3) is 5.55. The third-order valence-corrected chi connectivity index (χ3v) is 4.54. The maximum atomic E-state index is 13.1. The Bertz CT molecular complexity index is 1200. The average molecular weight is 431 g/mol. The fourth-order valence-electron chi connectivity index (χ4n) is 2.90. The summed E-state index contributed by atoms with van der Waals surface area (Å²) < 4.78 is 18.5. The molecule has 1 atom stereocenters. The largest absolute Gasteiger partial charge is 0.450 e. The van der Waals surface area contributed by atoms with Crippen LogP contribution < -0.4 is 10.1 Å². The van der Waals surface area contributed by atoms with Gasteiger partial charge in [0.1, 0.15) is 23.2 Å². The Kier molecular flexibility index (Phi) is 6.93. The molecule has 0 saturated heterocycles. The number of carbonyl (C=O) groups is 1. The quantitative estimate of drug-likeness (QED) is 0.236. The van der Waals surface area contributed by atoms with E-state index in [2.05, 4.69) is 5.32 Å². The highest BCUT2D eigenvalue weighted by molar-refractivity contribution is 6.02. The minimum Gasteiger partial charge on any atom is -0.450 e. The maximum Gasteiger partial charge on any atom is 0.312 e. The molecular formula is C24H18FN3O4. The number of nitriles is 1. The van der Waals surface area contributed by atoms with E-state index in [-0.39, 0.29) is 34.4 Å². The van der Waals surface area contributed by atoms with Crippen LogP contribution in [0.4, 0.5) is 10.1 Å². The molecule has 1 amide bonds. The van der Waals surface area contributed by atoms with Crippen molar-refractivity contribution in [3.8, 4) is 17.6 Å². The van der Waals surface area contributed by atoms with Crippen LogP contribution in [0.1, 0.15) is 24.1 Å². The molecule has 0 aromatic heterocycles. The lowest BCUT2D eigenvalue weighted by Gasteiger charge is -2.13. The number of nitrogens with one attached hydrogen (secondary N) is 1. The molecule has 0 aliphatic carbocycles. The van der Waals surface area contributed by atoms with Crippen LogP contribution in [-0.4, -0.2) is 10.8 Å². The summed E-state index contributed by atoms with van der Waals surface area (Å²) in [4.78, 5) is 23.4. The molecule has 0 fully saturated rings. The predicted octanol–water partition coefficient (Wildman–Crippen LogP) is 5.31. The van der Waals surface area contributed by atoms with Crippen molar-refractivity contribution in [2.24, 2.45) is 0 Å². The van der Waals surface area contributed by atoms with E-state index in [1.54, 1.807) is 6.92 Å². The lowest BCUT2D eigenvalue weighted by Crippen LogP contribution is -2.27. The Labute approximate surface area is 183 Å². The highest BCUT2D eigenvalue weighted by Crippen LogP contribution is 2.33. The number of carbonyl (C=O) groups excluding carboxylic acids is 1. The van der Waals surface area contributed by atoms with Crippen molar-refractivity contribution in [1.29, 1.82) is 5.26 Å². The Balaban J connectivity index is 1.83. The van der Waals surface area contributed by atoms with Crippen LogP contribution in [-0.2, 0) is 4.79 Å². The first kappa shape index (κ1) is 22.2. The van der Waals surface area contributed by atoms with Gasteiger partial charge in [-0.1, -0.05) is 36.4 Å². The van der Waals surface area contributed by atoms with Crippen LogP contribution >= 0.6 is 0 Å². The second kappa shape index (κ2) is 10.00. The van der Waals surface area contributed by atoms with Gasteiger partial charge in [-0.25, -0.2) is 4.39 Å². The Morgan fingerprint density at radius 2 is 1.84 bits per heavy atom. The van der Waals surface area contributed by atoms with E-state index in [1.165, 1.54) is 48.5 Å². The van der Waals surface area contributed by atoms with Crippen LogP contribution in [0.5, 0.6) is 11.5 Å². The molecule has 1 N–H and O–H groups in total. The first-order valence-corrected chi connectivity index (χ1v) is 9.57. The molecule has 0 spiro atoms. The number of benzene rings is 3. The number of hydrogen-bond donors (Lipinski definition) is 1. The average Bonchev–Trinajstić information content (AvgIpc) is 2.80. The lowest BCUT2D eigenvalue weighted by atomic mass is 10.1. The minimum atomic E-state index is -0.639. The zero-order chi connectivity index (χ0) is 23.1. The lowest BCUT2D eigenvalue weighted by molar-refractivity contribution is -0.385. The number of rotatable bonds is 7. The van der Waals surface area contributed by atoms with Crippen molar-refractivity contribution >= 4 is 17.7 Å². The fourth-order valence-corrected chi connectivity index (χ4v) is 2.90. The second-order valence-corrected chi connectivity index (χ2v) is 6.82. The molecule has 0 aliphatic heterocycles. The summed E-state index contributed by atoms with van der Waals surface area (Å²) in [5, 5.41) is 23.7. The summed E-state index contributed by atoms with van der Waals surface area (Å²) in [7, 11) is 0. The molecule has 3 rings (SSSR count). The predicted molar refractivity (Wildman–Crippen MR) is 116 cm³/mol. The number of nitro groups is 1. The van der Waals surface area contributed by atoms with Gasteiger partial charge in [-0.3, -0.25) is 14.9 Å². The molecule has 160 valence electrons. The second-order valence-electron chi connectivity index (χ2n) is 6.82. The van der Waals surface area contributed by atoms with Gasteiger partial charge in [0.25, 0.3) is 5.91 Å². The van der Waals surface area contributed by atoms with Crippen LogP contribution in [0.3, 0.4) is 0 Å². The fraction of sp³-hybridized carbons (Fsp3) is 0.0833. The van der Waals surface area contributed by atoms with Gasteiger partial charge < -0.3 is 10.1 Å². The van der Waals surface area contributed by atoms with Gasteiger partial charge in [-0.2, -0.15) is 5.26 Å². The van der Waals surface area contributed by atoms with Crippen molar-refractivity contribution in [1.82, 2.24) is 5.32 Å². The van der Waals surface area contributed by atoms with Gasteiger partial charge in [-0.15, -0.1) is 0 Å². The Morgan fingerprint density at radius 3 is 2.47 bits per heavy atom. The van der Waals surface area contributed by atoms with Crippen molar-refractivity contribution < 1.29 is 18.8 Å². The number of hydrogen-bond acceptors (Lipinski definition) is 5. The van der Waals surface area contributed by atoms with Crippen molar-refractivity contribution in [2.75, 3.05) is 0 Å². The first-order chi connectivity index (χ1) is 15.4. The molecule has 8 heteroatoms. The third-order valence-electron chi connectivity index (χ3n) is 4.54. The molecule has 1 unspecified atom stereocenters. The van der Waals surface area contributed by atoms with Crippen LogP contribution in [0.15, 0.2) is 78.4 Å². The number of nitrogens with zero attached hydrogens (tertiary/aromatic N) is 2. The maximum absolute atomic E-state index is 13.1. The van der Waals surface area contributed by atoms with Gasteiger partial charge in [0.15, 0.2) is 0 Å². The van der Waals surface area contributed by atoms with Gasteiger partial charge in [0.05, 0.1) is 11.0 Å². The molecule has 0 radical (unpaired) electrons. The smallest absolute Gasteiger partial charge is 0.312 e. The Morgan fingerprint density at radius 1 is 1.16 bits per heavy atom. The summed E-state index contributed by atoms with van der Waals surface area (Å²) in [6, 6.07) is 19.8. The van der Waals surface area contributed by atoms with E-state index in [0.717, 1.165) is 5.56 Å². The summed E-state index contributed by atoms with van der Waals surface area (Å²) in [6.07, 6.45) is 1.27. The van der Waals surface area contributed by atoms with E-state index in [9.17, 15) is 24.6 Å². The van der Waals surface area contributed by atoms with E-state index in [4.69, 9.17) is 4.74 Å². The first-order valence-electron chi connectivity index (χ1n) is 9.57. The molecule has 32 heavy (non-hydrogen) atoms. The summed E-state index contributed by atoms with van der Waals surface area (Å²) in [6.45, 7) is 1.79.